The molecule has 1 heterocycles. The highest BCUT2D eigenvalue weighted by molar-refractivity contribution is 5.37. The van der Waals surface area contributed by atoms with Gasteiger partial charge in [0.15, 0.2) is 0 Å². The van der Waals surface area contributed by atoms with Gasteiger partial charge in [0.25, 0.3) is 0 Å². The molecule has 0 spiro atoms. The minimum atomic E-state index is 0.513. The number of benzene rings is 1. The highest BCUT2D eigenvalue weighted by Crippen LogP contribution is 2.24. The molecule has 0 atom stereocenters. The lowest BCUT2D eigenvalue weighted by atomic mass is 10.0. The van der Waals surface area contributed by atoms with Gasteiger partial charge in [-0.2, -0.15) is 0 Å². The van der Waals surface area contributed by atoms with Crippen LogP contribution in [0.5, 0.6) is 5.75 Å². The number of ether oxygens (including phenoxy) is 2. The van der Waals surface area contributed by atoms with Gasteiger partial charge >= 0.3 is 0 Å². The van der Waals surface area contributed by atoms with Gasteiger partial charge in [0.1, 0.15) is 12.4 Å². The van der Waals surface area contributed by atoms with E-state index in [1.165, 1.54) is 5.56 Å². The van der Waals surface area contributed by atoms with Crippen molar-refractivity contribution in [2.45, 2.75) is 33.2 Å². The maximum atomic E-state index is 5.82. The summed E-state index contributed by atoms with van der Waals surface area (Å²) >= 11 is 0. The molecule has 0 fully saturated rings. The smallest absolute Gasteiger partial charge is 0.122 e. The standard InChI is InChI=1S/C17H24N2O2/c1-14(2)16-5-4-15(3)17(12-16)21-11-10-20-9-8-19-7-6-18-13-19/h4-7,12-14H,8-11H2,1-3H3. The van der Waals surface area contributed by atoms with E-state index >= 15 is 0 Å². The van der Waals surface area contributed by atoms with E-state index in [2.05, 4.69) is 44.0 Å². The van der Waals surface area contributed by atoms with Crippen LogP contribution in [0.25, 0.3) is 0 Å². The van der Waals surface area contributed by atoms with E-state index < -0.39 is 0 Å². The Labute approximate surface area is 126 Å². The second-order valence-electron chi connectivity index (χ2n) is 5.44. The molecule has 2 aromatic rings. The molecular formula is C17H24N2O2. The molecule has 4 nitrogen and oxygen atoms in total. The first-order valence-electron chi connectivity index (χ1n) is 7.43. The Morgan fingerprint density at radius 3 is 2.76 bits per heavy atom. The highest BCUT2D eigenvalue weighted by atomic mass is 16.5. The van der Waals surface area contributed by atoms with Gasteiger partial charge in [0.05, 0.1) is 19.5 Å². The first-order chi connectivity index (χ1) is 10.2. The van der Waals surface area contributed by atoms with Crippen molar-refractivity contribution in [3.63, 3.8) is 0 Å². The molecule has 0 saturated carbocycles. The van der Waals surface area contributed by atoms with Crippen molar-refractivity contribution >= 4 is 0 Å². The second kappa shape index (κ2) is 7.84. The summed E-state index contributed by atoms with van der Waals surface area (Å²) in [7, 11) is 0. The Morgan fingerprint density at radius 1 is 1.19 bits per heavy atom. The fourth-order valence-electron chi connectivity index (χ4n) is 2.03. The Morgan fingerprint density at radius 2 is 2.05 bits per heavy atom. The summed E-state index contributed by atoms with van der Waals surface area (Å²) in [5, 5.41) is 0. The lowest BCUT2D eigenvalue weighted by Crippen LogP contribution is -2.11. The third kappa shape index (κ3) is 4.90. The molecule has 0 amide bonds. The molecule has 1 aromatic heterocycles. The molecule has 0 aliphatic rings. The second-order valence-corrected chi connectivity index (χ2v) is 5.44. The summed E-state index contributed by atoms with van der Waals surface area (Å²) in [6.07, 6.45) is 5.49. The van der Waals surface area contributed by atoms with Crippen molar-refractivity contribution in [3.8, 4) is 5.75 Å². The van der Waals surface area contributed by atoms with Crippen LogP contribution in [-0.4, -0.2) is 29.4 Å². The van der Waals surface area contributed by atoms with Crippen molar-refractivity contribution in [1.82, 2.24) is 9.55 Å². The predicted molar refractivity (Wildman–Crippen MR) is 83.8 cm³/mol. The van der Waals surface area contributed by atoms with E-state index in [1.54, 1.807) is 12.5 Å². The molecule has 0 bridgehead atoms. The van der Waals surface area contributed by atoms with Gasteiger partial charge < -0.3 is 14.0 Å². The van der Waals surface area contributed by atoms with Gasteiger partial charge in [0, 0.05) is 18.9 Å². The van der Waals surface area contributed by atoms with E-state index in [0.717, 1.165) is 17.9 Å². The zero-order chi connectivity index (χ0) is 15.1. The van der Waals surface area contributed by atoms with Crippen LogP contribution in [0.3, 0.4) is 0 Å². The monoisotopic (exact) mass is 288 g/mol. The van der Waals surface area contributed by atoms with Crippen LogP contribution in [0.1, 0.15) is 30.9 Å². The number of hydrogen-bond donors (Lipinski definition) is 0. The summed E-state index contributed by atoms with van der Waals surface area (Å²) in [5.41, 5.74) is 2.47. The van der Waals surface area contributed by atoms with Gasteiger partial charge in [-0.1, -0.05) is 26.0 Å². The number of imidazole rings is 1. The Hall–Kier alpha value is -1.81. The van der Waals surface area contributed by atoms with E-state index in [0.29, 0.717) is 25.7 Å². The average molecular weight is 288 g/mol. The molecule has 0 aliphatic carbocycles. The predicted octanol–water partition coefficient (Wildman–Crippen LogP) is 3.41. The molecule has 1 aromatic carbocycles. The summed E-state index contributed by atoms with van der Waals surface area (Å²) in [5.74, 6) is 1.47. The van der Waals surface area contributed by atoms with Crippen LogP contribution >= 0.6 is 0 Å². The summed E-state index contributed by atoms with van der Waals surface area (Å²) in [6, 6.07) is 6.41. The Bertz CT molecular complexity index is 536. The van der Waals surface area contributed by atoms with E-state index in [1.807, 2.05) is 10.8 Å². The van der Waals surface area contributed by atoms with Gasteiger partial charge in [-0.15, -0.1) is 0 Å². The topological polar surface area (TPSA) is 36.3 Å². The Kier molecular flexibility index (Phi) is 5.81. The van der Waals surface area contributed by atoms with Crippen molar-refractivity contribution in [3.05, 3.63) is 48.0 Å². The molecule has 2 rings (SSSR count). The van der Waals surface area contributed by atoms with Crippen LogP contribution in [0, 0.1) is 6.92 Å². The number of hydrogen-bond acceptors (Lipinski definition) is 3. The molecule has 0 radical (unpaired) electrons. The summed E-state index contributed by atoms with van der Waals surface area (Å²) in [6.45, 7) is 9.11. The third-order valence-corrected chi connectivity index (χ3v) is 3.42. The first kappa shape index (κ1) is 15.6. The quantitative estimate of drug-likeness (QED) is 0.698. The zero-order valence-corrected chi connectivity index (χ0v) is 13.1. The first-order valence-corrected chi connectivity index (χ1v) is 7.43. The molecule has 0 aliphatic heterocycles. The number of rotatable bonds is 8. The molecular weight excluding hydrogens is 264 g/mol. The van der Waals surface area contributed by atoms with Crippen molar-refractivity contribution in [2.75, 3.05) is 19.8 Å². The molecule has 0 saturated heterocycles. The van der Waals surface area contributed by atoms with E-state index in [4.69, 9.17) is 9.47 Å². The van der Waals surface area contributed by atoms with Crippen LogP contribution in [0.15, 0.2) is 36.9 Å². The van der Waals surface area contributed by atoms with E-state index in [9.17, 15) is 0 Å². The fraction of sp³-hybridized carbons (Fsp3) is 0.471. The normalized spacial score (nSPS) is 11.0. The minimum Gasteiger partial charge on any atom is -0.491 e. The number of aromatic nitrogens is 2. The van der Waals surface area contributed by atoms with E-state index in [-0.39, 0.29) is 0 Å². The summed E-state index contributed by atoms with van der Waals surface area (Å²) < 4.78 is 13.4. The third-order valence-electron chi connectivity index (χ3n) is 3.42. The minimum absolute atomic E-state index is 0.513. The molecule has 0 N–H and O–H groups in total. The van der Waals surface area contributed by atoms with Crippen LogP contribution in [0.4, 0.5) is 0 Å². The Balaban J connectivity index is 1.69. The molecule has 114 valence electrons. The molecule has 21 heavy (non-hydrogen) atoms. The molecule has 0 unspecified atom stereocenters. The fourth-order valence-corrected chi connectivity index (χ4v) is 2.03. The van der Waals surface area contributed by atoms with Crippen LogP contribution in [-0.2, 0) is 11.3 Å². The van der Waals surface area contributed by atoms with Gasteiger partial charge in [-0.05, 0) is 30.0 Å². The highest BCUT2D eigenvalue weighted by Gasteiger charge is 2.04. The number of nitrogens with zero attached hydrogens (tertiary/aromatic N) is 2. The van der Waals surface area contributed by atoms with Gasteiger partial charge in [0.2, 0.25) is 0 Å². The molecule has 4 heteroatoms. The van der Waals surface area contributed by atoms with Gasteiger partial charge in [-0.25, -0.2) is 4.98 Å². The van der Waals surface area contributed by atoms with Crippen molar-refractivity contribution in [1.29, 1.82) is 0 Å². The largest absolute Gasteiger partial charge is 0.491 e. The van der Waals surface area contributed by atoms with Gasteiger partial charge in [-0.3, -0.25) is 0 Å². The van der Waals surface area contributed by atoms with Crippen LogP contribution < -0.4 is 4.74 Å². The average Bonchev–Trinajstić information content (AvgIpc) is 2.97. The van der Waals surface area contributed by atoms with Crippen molar-refractivity contribution in [2.24, 2.45) is 0 Å². The zero-order valence-electron chi connectivity index (χ0n) is 13.1. The lowest BCUT2D eigenvalue weighted by Gasteiger charge is -2.13. The SMILES string of the molecule is Cc1ccc(C(C)C)cc1OCCOCCn1ccnc1. The van der Waals surface area contributed by atoms with Crippen LogP contribution in [0.2, 0.25) is 0 Å². The lowest BCUT2D eigenvalue weighted by molar-refractivity contribution is 0.0941. The maximum absolute atomic E-state index is 5.82. The summed E-state index contributed by atoms with van der Waals surface area (Å²) in [4.78, 5) is 3.99. The van der Waals surface area contributed by atoms with Crippen molar-refractivity contribution < 1.29 is 9.47 Å². The maximum Gasteiger partial charge on any atom is 0.122 e. The number of aryl methyl sites for hydroxylation is 1.